The van der Waals surface area contributed by atoms with Crippen molar-refractivity contribution < 1.29 is 0 Å². The molecule has 0 saturated carbocycles. The average Bonchev–Trinajstić information content (AvgIpc) is 2.50. The van der Waals surface area contributed by atoms with Gasteiger partial charge in [0, 0.05) is 5.92 Å². The standard InChI is InChI=1S/C12H14/c1-2-5-10-8-9-11-6-3-4-7-12(10)11/h2-7,10H,8-9H2,1H3/b5-2+. The van der Waals surface area contributed by atoms with Gasteiger partial charge < -0.3 is 0 Å². The van der Waals surface area contributed by atoms with E-state index in [4.69, 9.17) is 0 Å². The smallest absolute Gasteiger partial charge is 0.00237 e. The van der Waals surface area contributed by atoms with Crippen LogP contribution in [0.5, 0.6) is 0 Å². The molecule has 0 radical (unpaired) electrons. The Bertz CT molecular complexity index is 297. The summed E-state index contributed by atoms with van der Waals surface area (Å²) < 4.78 is 0. The molecule has 1 aromatic carbocycles. The molecule has 1 aliphatic rings. The largest absolute Gasteiger partial charge is 0.0910 e. The molecule has 0 heterocycles. The topological polar surface area (TPSA) is 0 Å². The molecule has 0 bridgehead atoms. The highest BCUT2D eigenvalue weighted by Gasteiger charge is 2.18. The minimum Gasteiger partial charge on any atom is -0.0910 e. The molecular formula is C12H14. The Labute approximate surface area is 73.9 Å². The SMILES string of the molecule is C/C=C/C1CCc2ccccc21. The van der Waals surface area contributed by atoms with Crippen molar-refractivity contribution in [3.05, 3.63) is 47.5 Å². The lowest BCUT2D eigenvalue weighted by atomic mass is 10.0. The molecule has 0 amide bonds. The van der Waals surface area contributed by atoms with Gasteiger partial charge in [-0.3, -0.25) is 0 Å². The number of allylic oxidation sites excluding steroid dienone is 2. The predicted octanol–water partition coefficient (Wildman–Crippen LogP) is 3.29. The predicted molar refractivity (Wildman–Crippen MR) is 52.3 cm³/mol. The molecule has 0 aromatic heterocycles. The molecule has 1 aliphatic carbocycles. The van der Waals surface area contributed by atoms with Crippen molar-refractivity contribution >= 4 is 0 Å². The lowest BCUT2D eigenvalue weighted by molar-refractivity contribution is 0.813. The molecule has 1 aromatic rings. The van der Waals surface area contributed by atoms with Crippen LogP contribution in [0.4, 0.5) is 0 Å². The van der Waals surface area contributed by atoms with Gasteiger partial charge in [-0.15, -0.1) is 0 Å². The first kappa shape index (κ1) is 7.60. The van der Waals surface area contributed by atoms with Crippen molar-refractivity contribution in [2.24, 2.45) is 0 Å². The van der Waals surface area contributed by atoms with Crippen LogP contribution >= 0.6 is 0 Å². The number of fused-ring (bicyclic) bond motifs is 1. The summed E-state index contributed by atoms with van der Waals surface area (Å²) >= 11 is 0. The van der Waals surface area contributed by atoms with Crippen LogP contribution in [0.3, 0.4) is 0 Å². The quantitative estimate of drug-likeness (QED) is 0.550. The van der Waals surface area contributed by atoms with Gasteiger partial charge in [-0.25, -0.2) is 0 Å². The number of rotatable bonds is 1. The van der Waals surface area contributed by atoms with Gasteiger partial charge in [0.2, 0.25) is 0 Å². The summed E-state index contributed by atoms with van der Waals surface area (Å²) in [5.74, 6) is 0.686. The summed E-state index contributed by atoms with van der Waals surface area (Å²) in [5.41, 5.74) is 3.08. The third-order valence-electron chi connectivity index (χ3n) is 2.60. The molecule has 0 nitrogen and oxygen atoms in total. The van der Waals surface area contributed by atoms with Gasteiger partial charge >= 0.3 is 0 Å². The van der Waals surface area contributed by atoms with E-state index in [2.05, 4.69) is 43.3 Å². The molecule has 1 unspecified atom stereocenters. The third kappa shape index (κ3) is 1.18. The fourth-order valence-corrected chi connectivity index (χ4v) is 2.02. The average molecular weight is 158 g/mol. The molecule has 0 N–H and O–H groups in total. The van der Waals surface area contributed by atoms with E-state index in [1.54, 1.807) is 5.56 Å². The third-order valence-corrected chi connectivity index (χ3v) is 2.60. The maximum absolute atomic E-state index is 2.31. The summed E-state index contributed by atoms with van der Waals surface area (Å²) in [6.45, 7) is 2.10. The molecule has 12 heavy (non-hydrogen) atoms. The Morgan fingerprint density at radius 2 is 2.17 bits per heavy atom. The monoisotopic (exact) mass is 158 g/mol. The minimum atomic E-state index is 0.686. The van der Waals surface area contributed by atoms with Gasteiger partial charge in [-0.1, -0.05) is 36.4 Å². The van der Waals surface area contributed by atoms with E-state index in [9.17, 15) is 0 Å². The molecule has 0 spiro atoms. The van der Waals surface area contributed by atoms with Crippen LogP contribution in [0.25, 0.3) is 0 Å². The zero-order valence-electron chi connectivity index (χ0n) is 7.46. The Kier molecular flexibility index (Phi) is 1.99. The van der Waals surface area contributed by atoms with E-state index >= 15 is 0 Å². The number of aryl methyl sites for hydroxylation is 1. The molecular weight excluding hydrogens is 144 g/mol. The summed E-state index contributed by atoms with van der Waals surface area (Å²) in [5, 5.41) is 0. The van der Waals surface area contributed by atoms with Crippen LogP contribution in [0.1, 0.15) is 30.4 Å². The van der Waals surface area contributed by atoms with E-state index in [1.807, 2.05) is 0 Å². The maximum Gasteiger partial charge on any atom is 0.00237 e. The van der Waals surface area contributed by atoms with Crippen molar-refractivity contribution in [1.82, 2.24) is 0 Å². The Hall–Kier alpha value is -1.04. The van der Waals surface area contributed by atoms with Crippen molar-refractivity contribution in [2.75, 3.05) is 0 Å². The molecule has 0 aliphatic heterocycles. The molecule has 1 atom stereocenters. The van der Waals surface area contributed by atoms with E-state index in [0.717, 1.165) is 0 Å². The van der Waals surface area contributed by atoms with E-state index in [1.165, 1.54) is 18.4 Å². The molecule has 0 fully saturated rings. The van der Waals surface area contributed by atoms with Gasteiger partial charge in [-0.05, 0) is 30.9 Å². The van der Waals surface area contributed by atoms with E-state index in [-0.39, 0.29) is 0 Å². The molecule has 0 heteroatoms. The first-order valence-electron chi connectivity index (χ1n) is 4.62. The second-order valence-electron chi connectivity index (χ2n) is 3.37. The van der Waals surface area contributed by atoms with Crippen LogP contribution in [-0.4, -0.2) is 0 Å². The van der Waals surface area contributed by atoms with Crippen LogP contribution in [0.2, 0.25) is 0 Å². The van der Waals surface area contributed by atoms with Crippen LogP contribution in [0, 0.1) is 0 Å². The summed E-state index contributed by atoms with van der Waals surface area (Å²) in [6, 6.07) is 8.78. The van der Waals surface area contributed by atoms with Crippen LogP contribution in [-0.2, 0) is 6.42 Å². The highest BCUT2D eigenvalue weighted by Crippen LogP contribution is 2.33. The normalized spacial score (nSPS) is 21.6. The van der Waals surface area contributed by atoms with Gasteiger partial charge in [0.25, 0.3) is 0 Å². The Balaban J connectivity index is 2.36. The van der Waals surface area contributed by atoms with Gasteiger partial charge in [0.15, 0.2) is 0 Å². The van der Waals surface area contributed by atoms with Crippen LogP contribution in [0.15, 0.2) is 36.4 Å². The van der Waals surface area contributed by atoms with Crippen molar-refractivity contribution in [3.8, 4) is 0 Å². The van der Waals surface area contributed by atoms with Gasteiger partial charge in [-0.2, -0.15) is 0 Å². The van der Waals surface area contributed by atoms with Crippen molar-refractivity contribution in [3.63, 3.8) is 0 Å². The molecule has 2 rings (SSSR count). The lowest BCUT2D eigenvalue weighted by Crippen LogP contribution is -1.86. The number of benzene rings is 1. The fraction of sp³-hybridized carbons (Fsp3) is 0.333. The second-order valence-corrected chi connectivity index (χ2v) is 3.37. The number of hydrogen-bond donors (Lipinski definition) is 0. The van der Waals surface area contributed by atoms with Crippen molar-refractivity contribution in [1.29, 1.82) is 0 Å². The second kappa shape index (κ2) is 3.14. The van der Waals surface area contributed by atoms with E-state index < -0.39 is 0 Å². The lowest BCUT2D eigenvalue weighted by Gasteiger charge is -2.03. The molecule has 62 valence electrons. The number of hydrogen-bond acceptors (Lipinski definition) is 0. The highest BCUT2D eigenvalue weighted by atomic mass is 14.2. The van der Waals surface area contributed by atoms with Crippen molar-refractivity contribution in [2.45, 2.75) is 25.7 Å². The maximum atomic E-state index is 2.31. The Morgan fingerprint density at radius 3 is 3.00 bits per heavy atom. The Morgan fingerprint density at radius 1 is 1.33 bits per heavy atom. The highest BCUT2D eigenvalue weighted by molar-refractivity contribution is 5.37. The summed E-state index contributed by atoms with van der Waals surface area (Å²) in [6.07, 6.45) is 7.02. The first-order valence-corrected chi connectivity index (χ1v) is 4.62. The summed E-state index contributed by atoms with van der Waals surface area (Å²) in [4.78, 5) is 0. The van der Waals surface area contributed by atoms with Gasteiger partial charge in [0.05, 0.1) is 0 Å². The zero-order chi connectivity index (χ0) is 8.39. The zero-order valence-corrected chi connectivity index (χ0v) is 7.46. The molecule has 0 saturated heterocycles. The minimum absolute atomic E-state index is 0.686. The fourth-order valence-electron chi connectivity index (χ4n) is 2.02. The van der Waals surface area contributed by atoms with E-state index in [0.29, 0.717) is 5.92 Å². The van der Waals surface area contributed by atoms with Crippen LogP contribution < -0.4 is 0 Å². The van der Waals surface area contributed by atoms with Gasteiger partial charge in [0.1, 0.15) is 0 Å². The summed E-state index contributed by atoms with van der Waals surface area (Å²) in [7, 11) is 0. The first-order chi connectivity index (χ1) is 5.92.